The van der Waals surface area contributed by atoms with E-state index in [1.807, 2.05) is 47.7 Å². The summed E-state index contributed by atoms with van der Waals surface area (Å²) >= 11 is 1.84. The van der Waals surface area contributed by atoms with Gasteiger partial charge in [-0.15, -0.1) is 11.3 Å². The predicted octanol–water partition coefficient (Wildman–Crippen LogP) is 13.7. The van der Waals surface area contributed by atoms with Crippen molar-refractivity contribution in [1.29, 1.82) is 0 Å². The number of thiophene rings is 1. The summed E-state index contributed by atoms with van der Waals surface area (Å²) in [5, 5.41) is 10.9. The molecule has 0 radical (unpaired) electrons. The van der Waals surface area contributed by atoms with Crippen molar-refractivity contribution in [3.05, 3.63) is 170 Å². The van der Waals surface area contributed by atoms with Crippen LogP contribution in [0.1, 0.15) is 6.85 Å². The van der Waals surface area contributed by atoms with E-state index in [4.69, 9.17) is 6.85 Å². The molecule has 0 nitrogen and oxygen atoms in total. The molecule has 0 fully saturated rings. The minimum absolute atomic E-state index is 0.201. The number of benzene rings is 9. The zero-order valence-corrected chi connectivity index (χ0v) is 26.0. The van der Waals surface area contributed by atoms with E-state index in [1.165, 1.54) is 36.5 Å². The molecule has 0 aliphatic rings. The van der Waals surface area contributed by atoms with Gasteiger partial charge in [-0.2, -0.15) is 0 Å². The number of fused-ring (bicyclic) bond motifs is 8. The van der Waals surface area contributed by atoms with Crippen LogP contribution in [0.2, 0.25) is 0 Å². The second kappa shape index (κ2) is 10.4. The Morgan fingerprint density at radius 1 is 0.383 bits per heavy atom. The van der Waals surface area contributed by atoms with Crippen molar-refractivity contribution in [2.75, 3.05) is 0 Å². The Kier molecular flexibility index (Phi) is 4.84. The van der Waals surface area contributed by atoms with Crippen LogP contribution in [0, 0.1) is 0 Å². The smallest absolute Gasteiger partial charge is 0.0629 e. The van der Waals surface area contributed by atoms with E-state index in [2.05, 4.69) is 103 Å². The average molecular weight is 618 g/mol. The summed E-state index contributed by atoms with van der Waals surface area (Å²) in [6.45, 7) is 0. The molecule has 0 saturated heterocycles. The molecule has 0 unspecified atom stereocenters. The molecule has 0 amide bonds. The van der Waals surface area contributed by atoms with Gasteiger partial charge in [-0.25, -0.2) is 0 Å². The largest absolute Gasteiger partial charge is 0.135 e. The van der Waals surface area contributed by atoms with Crippen LogP contribution in [0.15, 0.2) is 170 Å². The Labute approximate surface area is 283 Å². The maximum atomic E-state index is 8.89. The van der Waals surface area contributed by atoms with E-state index < -0.39 is 6.04 Å². The van der Waals surface area contributed by atoms with Crippen molar-refractivity contribution < 1.29 is 6.85 Å². The quantitative estimate of drug-likeness (QED) is 0.173. The van der Waals surface area contributed by atoms with Gasteiger partial charge in [-0.3, -0.25) is 0 Å². The SMILES string of the molecule is [2H]c1c([2H])c([2H])c(-c2c3ccccc3c(-c3cccc4cc(-c5cccc6sc7ccc8ccccc8c7c56)ccc34)c3ccccc23)c([2H])c1[2H]. The Morgan fingerprint density at radius 2 is 1.00 bits per heavy atom. The third-order valence-corrected chi connectivity index (χ3v) is 10.6. The maximum Gasteiger partial charge on any atom is 0.0629 e. The summed E-state index contributed by atoms with van der Waals surface area (Å²) in [6.07, 6.45) is 0. The first-order valence-electron chi connectivity index (χ1n) is 18.3. The molecule has 218 valence electrons. The lowest BCUT2D eigenvalue weighted by Gasteiger charge is -2.19. The minimum atomic E-state index is -0.393. The molecule has 9 aromatic carbocycles. The fourth-order valence-electron chi connectivity index (χ4n) is 7.56. The average Bonchev–Trinajstić information content (AvgIpc) is 3.58. The van der Waals surface area contributed by atoms with E-state index >= 15 is 0 Å². The summed E-state index contributed by atoms with van der Waals surface area (Å²) in [5.41, 5.74) is 5.38. The standard InChI is InChI=1S/C46H28S/c1-2-13-30(14-3-1)43-37-17-6-8-19-39(37)44(40-20-9-7-18-38(40)43)36-22-10-15-31-28-32(24-26-33(31)36)35-21-11-23-41-46(35)45-34-16-5-4-12-29(34)25-27-42(45)47-41/h1-28H/i1D,2D,3D,13D,14D. The minimum Gasteiger partial charge on any atom is -0.135 e. The van der Waals surface area contributed by atoms with Crippen LogP contribution in [0.4, 0.5) is 0 Å². The first-order valence-corrected chi connectivity index (χ1v) is 16.6. The van der Waals surface area contributed by atoms with Crippen molar-refractivity contribution >= 4 is 74.6 Å². The Bertz CT molecular complexity index is 3050. The van der Waals surface area contributed by atoms with Crippen LogP contribution in [-0.4, -0.2) is 0 Å². The van der Waals surface area contributed by atoms with Gasteiger partial charge in [0, 0.05) is 20.2 Å². The van der Waals surface area contributed by atoms with Crippen LogP contribution in [0.5, 0.6) is 0 Å². The highest BCUT2D eigenvalue weighted by molar-refractivity contribution is 7.26. The van der Waals surface area contributed by atoms with Gasteiger partial charge in [0.25, 0.3) is 0 Å². The van der Waals surface area contributed by atoms with Gasteiger partial charge in [-0.05, 0) is 94.7 Å². The van der Waals surface area contributed by atoms with E-state index in [0.717, 1.165) is 49.0 Å². The molecule has 0 aliphatic heterocycles. The van der Waals surface area contributed by atoms with Gasteiger partial charge >= 0.3 is 0 Å². The molecular weight excluding hydrogens is 585 g/mol. The molecule has 1 aromatic heterocycles. The molecule has 1 heteroatoms. The normalized spacial score (nSPS) is 13.3. The van der Waals surface area contributed by atoms with Gasteiger partial charge in [0.1, 0.15) is 0 Å². The fourth-order valence-corrected chi connectivity index (χ4v) is 8.71. The van der Waals surface area contributed by atoms with Crippen LogP contribution in [0.25, 0.3) is 96.6 Å². The lowest BCUT2D eigenvalue weighted by atomic mass is 9.84. The summed E-state index contributed by atoms with van der Waals surface area (Å²) in [6, 6.07) is 47.5. The zero-order chi connectivity index (χ0) is 35.2. The van der Waals surface area contributed by atoms with Crippen molar-refractivity contribution in [1.82, 2.24) is 0 Å². The first-order chi connectivity index (χ1) is 25.4. The van der Waals surface area contributed by atoms with Crippen LogP contribution >= 0.6 is 11.3 Å². The highest BCUT2D eigenvalue weighted by atomic mass is 32.1. The molecule has 10 aromatic rings. The van der Waals surface area contributed by atoms with E-state index in [9.17, 15) is 0 Å². The van der Waals surface area contributed by atoms with Gasteiger partial charge < -0.3 is 0 Å². The Morgan fingerprint density at radius 3 is 1.77 bits per heavy atom. The van der Waals surface area contributed by atoms with E-state index in [-0.39, 0.29) is 29.7 Å². The topological polar surface area (TPSA) is 0 Å². The fraction of sp³-hybridized carbons (Fsp3) is 0. The molecule has 0 atom stereocenters. The number of hydrogen-bond acceptors (Lipinski definition) is 1. The second-order valence-corrected chi connectivity index (χ2v) is 13.1. The summed E-state index contributed by atoms with van der Waals surface area (Å²) in [7, 11) is 0. The summed E-state index contributed by atoms with van der Waals surface area (Å²) in [4.78, 5) is 0. The molecule has 0 saturated carbocycles. The van der Waals surface area contributed by atoms with Crippen LogP contribution < -0.4 is 0 Å². The third-order valence-electron chi connectivity index (χ3n) is 9.53. The van der Waals surface area contributed by atoms with Gasteiger partial charge in [0.15, 0.2) is 0 Å². The Hall–Kier alpha value is -5.76. The molecular formula is C46H28S. The predicted molar refractivity (Wildman–Crippen MR) is 206 cm³/mol. The summed E-state index contributed by atoms with van der Waals surface area (Å²) < 4.78 is 45.5. The molecule has 0 bridgehead atoms. The first kappa shape index (κ1) is 21.9. The molecule has 0 spiro atoms. The molecule has 47 heavy (non-hydrogen) atoms. The van der Waals surface area contributed by atoms with Gasteiger partial charge in [0.05, 0.1) is 6.85 Å². The number of rotatable bonds is 3. The van der Waals surface area contributed by atoms with Gasteiger partial charge in [0.2, 0.25) is 0 Å². The lowest BCUT2D eigenvalue weighted by molar-refractivity contribution is 1.66. The number of hydrogen-bond donors (Lipinski definition) is 0. The zero-order valence-electron chi connectivity index (χ0n) is 30.2. The molecule has 10 rings (SSSR count). The van der Waals surface area contributed by atoms with Crippen molar-refractivity contribution in [3.8, 4) is 33.4 Å². The summed E-state index contributed by atoms with van der Waals surface area (Å²) in [5.74, 6) is 0. The van der Waals surface area contributed by atoms with Crippen LogP contribution in [0.3, 0.4) is 0 Å². The van der Waals surface area contributed by atoms with Gasteiger partial charge in [-0.1, -0.05) is 152 Å². The van der Waals surface area contributed by atoms with Crippen LogP contribution in [-0.2, 0) is 0 Å². The molecule has 1 heterocycles. The van der Waals surface area contributed by atoms with E-state index in [1.54, 1.807) is 0 Å². The Balaban J connectivity index is 1.24. The van der Waals surface area contributed by atoms with E-state index in [0.29, 0.717) is 5.56 Å². The highest BCUT2D eigenvalue weighted by Crippen LogP contribution is 2.47. The molecule has 0 aliphatic carbocycles. The monoisotopic (exact) mass is 617 g/mol. The lowest BCUT2D eigenvalue weighted by Crippen LogP contribution is -1.91. The second-order valence-electron chi connectivity index (χ2n) is 12.0. The van der Waals surface area contributed by atoms with Crippen molar-refractivity contribution in [2.24, 2.45) is 0 Å². The van der Waals surface area contributed by atoms with Crippen molar-refractivity contribution in [2.45, 2.75) is 0 Å². The highest BCUT2D eigenvalue weighted by Gasteiger charge is 2.19. The maximum absolute atomic E-state index is 8.89. The molecule has 0 N–H and O–H groups in total. The third kappa shape index (κ3) is 4.00. The van der Waals surface area contributed by atoms with Crippen molar-refractivity contribution in [3.63, 3.8) is 0 Å².